The number of nitrogens with zero attached hydrogens (tertiary/aromatic N) is 2. The molecule has 0 bridgehead atoms. The molecule has 0 aliphatic rings. The van der Waals surface area contributed by atoms with Crippen molar-refractivity contribution in [2.24, 2.45) is 0 Å². The van der Waals surface area contributed by atoms with E-state index >= 15 is 0 Å². The van der Waals surface area contributed by atoms with E-state index in [1.165, 1.54) is 0 Å². The molecule has 0 saturated heterocycles. The smallest absolute Gasteiger partial charge is 0.316 e. The van der Waals surface area contributed by atoms with Crippen LogP contribution in [0.2, 0.25) is 5.02 Å². The molecule has 0 aliphatic carbocycles. The Bertz CT molecular complexity index is 434. The van der Waals surface area contributed by atoms with E-state index in [4.69, 9.17) is 16.3 Å². The standard InChI is InChI=1S/C11H9ClN2O/c12-10-4-1-3-9(7-10)8-15-11-13-5-2-6-14-11/h1-7H,8H2. The Morgan fingerprint density at radius 2 is 1.93 bits per heavy atom. The molecule has 2 aromatic rings. The van der Waals surface area contributed by atoms with Crippen LogP contribution in [0.3, 0.4) is 0 Å². The highest BCUT2D eigenvalue weighted by molar-refractivity contribution is 6.30. The maximum atomic E-state index is 5.84. The summed E-state index contributed by atoms with van der Waals surface area (Å²) in [6.45, 7) is 0.421. The van der Waals surface area contributed by atoms with Crippen molar-refractivity contribution in [3.05, 3.63) is 53.3 Å². The van der Waals surface area contributed by atoms with Gasteiger partial charge in [-0.1, -0.05) is 23.7 Å². The molecule has 0 atom stereocenters. The van der Waals surface area contributed by atoms with Gasteiger partial charge in [-0.3, -0.25) is 0 Å². The molecule has 4 heteroatoms. The van der Waals surface area contributed by atoms with Crippen LogP contribution in [-0.2, 0) is 6.61 Å². The summed E-state index contributed by atoms with van der Waals surface area (Å²) in [5.74, 6) is 0. The van der Waals surface area contributed by atoms with Gasteiger partial charge in [-0.05, 0) is 23.8 Å². The van der Waals surface area contributed by atoms with Crippen molar-refractivity contribution in [2.75, 3.05) is 0 Å². The molecule has 0 amide bonds. The summed E-state index contributed by atoms with van der Waals surface area (Å²) in [5, 5.41) is 0.699. The highest BCUT2D eigenvalue weighted by Gasteiger charge is 1.97. The topological polar surface area (TPSA) is 35.0 Å². The minimum Gasteiger partial charge on any atom is -0.459 e. The van der Waals surface area contributed by atoms with Gasteiger partial charge < -0.3 is 4.74 Å². The molecule has 0 aliphatic heterocycles. The summed E-state index contributed by atoms with van der Waals surface area (Å²) >= 11 is 5.84. The SMILES string of the molecule is Clc1cccc(COc2ncccn2)c1. The zero-order chi connectivity index (χ0) is 10.5. The van der Waals surface area contributed by atoms with Crippen molar-refractivity contribution >= 4 is 11.6 Å². The molecule has 0 saturated carbocycles. The predicted molar refractivity (Wildman–Crippen MR) is 57.8 cm³/mol. The van der Waals surface area contributed by atoms with E-state index in [9.17, 15) is 0 Å². The van der Waals surface area contributed by atoms with Gasteiger partial charge in [-0.25, -0.2) is 9.97 Å². The van der Waals surface area contributed by atoms with Crippen molar-refractivity contribution in [3.8, 4) is 6.01 Å². The Labute approximate surface area is 92.7 Å². The summed E-state index contributed by atoms with van der Waals surface area (Å²) < 4.78 is 5.37. The van der Waals surface area contributed by atoms with Gasteiger partial charge in [0.05, 0.1) is 0 Å². The molecule has 0 radical (unpaired) electrons. The second kappa shape index (κ2) is 4.75. The Balaban J connectivity index is 1.99. The van der Waals surface area contributed by atoms with Gasteiger partial charge in [-0.15, -0.1) is 0 Å². The molecule has 76 valence electrons. The lowest BCUT2D eigenvalue weighted by atomic mass is 10.2. The molecule has 2 rings (SSSR count). The molecular formula is C11H9ClN2O. The monoisotopic (exact) mass is 220 g/mol. The predicted octanol–water partition coefficient (Wildman–Crippen LogP) is 2.71. The van der Waals surface area contributed by atoms with Crippen LogP contribution >= 0.6 is 11.6 Å². The third-order valence-electron chi connectivity index (χ3n) is 1.80. The van der Waals surface area contributed by atoms with Crippen LogP contribution in [0.15, 0.2) is 42.7 Å². The van der Waals surface area contributed by atoms with Crippen LogP contribution in [0.25, 0.3) is 0 Å². The lowest BCUT2D eigenvalue weighted by molar-refractivity contribution is 0.280. The van der Waals surface area contributed by atoms with Crippen molar-refractivity contribution in [1.82, 2.24) is 9.97 Å². The lowest BCUT2D eigenvalue weighted by Crippen LogP contribution is -1.98. The van der Waals surface area contributed by atoms with Crippen molar-refractivity contribution < 1.29 is 4.74 Å². The van der Waals surface area contributed by atoms with E-state index in [1.54, 1.807) is 18.5 Å². The lowest BCUT2D eigenvalue weighted by Gasteiger charge is -2.03. The van der Waals surface area contributed by atoms with Gasteiger partial charge in [0, 0.05) is 17.4 Å². The molecule has 0 unspecified atom stereocenters. The number of halogens is 1. The number of benzene rings is 1. The van der Waals surface area contributed by atoms with Gasteiger partial charge in [-0.2, -0.15) is 0 Å². The van der Waals surface area contributed by atoms with Gasteiger partial charge in [0.25, 0.3) is 0 Å². The summed E-state index contributed by atoms with van der Waals surface area (Å²) in [6, 6.07) is 9.61. The first kappa shape index (κ1) is 9.93. The largest absolute Gasteiger partial charge is 0.459 e. The summed E-state index contributed by atoms with van der Waals surface area (Å²) in [4.78, 5) is 7.90. The zero-order valence-corrected chi connectivity index (χ0v) is 8.69. The molecule has 0 fully saturated rings. The van der Waals surface area contributed by atoms with Crippen LogP contribution in [0, 0.1) is 0 Å². The number of hydrogen-bond acceptors (Lipinski definition) is 3. The van der Waals surface area contributed by atoms with Crippen LogP contribution in [0.4, 0.5) is 0 Å². The highest BCUT2D eigenvalue weighted by atomic mass is 35.5. The number of rotatable bonds is 3. The fraction of sp³-hybridized carbons (Fsp3) is 0.0909. The molecule has 3 nitrogen and oxygen atoms in total. The van der Waals surface area contributed by atoms with E-state index in [2.05, 4.69) is 9.97 Å². The van der Waals surface area contributed by atoms with E-state index in [0.29, 0.717) is 17.6 Å². The first-order valence-electron chi connectivity index (χ1n) is 4.49. The van der Waals surface area contributed by atoms with Crippen LogP contribution in [0.5, 0.6) is 6.01 Å². The van der Waals surface area contributed by atoms with E-state index < -0.39 is 0 Å². The quantitative estimate of drug-likeness (QED) is 0.798. The third kappa shape index (κ3) is 2.92. The van der Waals surface area contributed by atoms with E-state index in [-0.39, 0.29) is 0 Å². The zero-order valence-electron chi connectivity index (χ0n) is 7.93. The molecule has 0 spiro atoms. The number of aromatic nitrogens is 2. The molecule has 15 heavy (non-hydrogen) atoms. The van der Waals surface area contributed by atoms with Gasteiger partial charge in [0.15, 0.2) is 0 Å². The molecule has 1 heterocycles. The average molecular weight is 221 g/mol. The average Bonchev–Trinajstić information content (AvgIpc) is 2.28. The summed E-state index contributed by atoms with van der Waals surface area (Å²) in [7, 11) is 0. The van der Waals surface area contributed by atoms with Crippen molar-refractivity contribution in [3.63, 3.8) is 0 Å². The first-order chi connectivity index (χ1) is 7.34. The Morgan fingerprint density at radius 3 is 2.67 bits per heavy atom. The Kier molecular flexibility index (Phi) is 3.15. The third-order valence-corrected chi connectivity index (χ3v) is 2.03. The second-order valence-corrected chi connectivity index (χ2v) is 3.39. The van der Waals surface area contributed by atoms with Crippen LogP contribution < -0.4 is 4.74 Å². The maximum Gasteiger partial charge on any atom is 0.316 e. The van der Waals surface area contributed by atoms with Crippen molar-refractivity contribution in [2.45, 2.75) is 6.61 Å². The van der Waals surface area contributed by atoms with Gasteiger partial charge in [0.1, 0.15) is 6.61 Å². The van der Waals surface area contributed by atoms with Gasteiger partial charge in [0.2, 0.25) is 0 Å². The minimum absolute atomic E-state index is 0.373. The summed E-state index contributed by atoms with van der Waals surface area (Å²) in [6.07, 6.45) is 3.28. The normalized spacial score (nSPS) is 9.93. The number of hydrogen-bond donors (Lipinski definition) is 0. The minimum atomic E-state index is 0.373. The Morgan fingerprint density at radius 1 is 1.13 bits per heavy atom. The highest BCUT2D eigenvalue weighted by Crippen LogP contribution is 2.12. The summed E-state index contributed by atoms with van der Waals surface area (Å²) in [5.41, 5.74) is 0.995. The Hall–Kier alpha value is -1.61. The molecule has 1 aromatic carbocycles. The van der Waals surface area contributed by atoms with Crippen LogP contribution in [0.1, 0.15) is 5.56 Å². The molecular weight excluding hydrogens is 212 g/mol. The first-order valence-corrected chi connectivity index (χ1v) is 4.86. The number of ether oxygens (including phenoxy) is 1. The fourth-order valence-electron chi connectivity index (χ4n) is 1.13. The maximum absolute atomic E-state index is 5.84. The molecule has 0 N–H and O–H groups in total. The molecule has 1 aromatic heterocycles. The van der Waals surface area contributed by atoms with Crippen LogP contribution in [-0.4, -0.2) is 9.97 Å². The van der Waals surface area contributed by atoms with E-state index in [0.717, 1.165) is 5.56 Å². The van der Waals surface area contributed by atoms with Crippen molar-refractivity contribution in [1.29, 1.82) is 0 Å². The van der Waals surface area contributed by atoms with E-state index in [1.807, 2.05) is 24.3 Å². The fourth-order valence-corrected chi connectivity index (χ4v) is 1.35. The van der Waals surface area contributed by atoms with Gasteiger partial charge >= 0.3 is 6.01 Å². The second-order valence-electron chi connectivity index (χ2n) is 2.95.